The molecule has 1 atom stereocenters. The third kappa shape index (κ3) is 2.70. The Balaban J connectivity index is 1.96. The largest absolute Gasteiger partial charge is 0.357 e. The molecule has 1 aromatic heterocycles. The monoisotopic (exact) mass is 220 g/mol. The lowest BCUT2D eigenvalue weighted by Gasteiger charge is -2.29. The first-order chi connectivity index (χ1) is 7.77. The minimum Gasteiger partial charge on any atom is -0.357 e. The highest BCUT2D eigenvalue weighted by Gasteiger charge is 2.16. The second kappa shape index (κ2) is 5.25. The van der Waals surface area contributed by atoms with Gasteiger partial charge in [0.25, 0.3) is 0 Å². The third-order valence-electron chi connectivity index (χ3n) is 3.12. The summed E-state index contributed by atoms with van der Waals surface area (Å²) < 4.78 is 0. The van der Waals surface area contributed by atoms with Gasteiger partial charge in [-0.25, -0.2) is 4.98 Å². The predicted octanol–water partition coefficient (Wildman–Crippen LogP) is 1.36. The smallest absolute Gasteiger partial charge is 0.149 e. The topological polar surface area (TPSA) is 41.1 Å². The highest BCUT2D eigenvalue weighted by atomic mass is 15.2. The molecule has 1 saturated heterocycles. The number of anilines is 1. The van der Waals surface area contributed by atoms with E-state index in [0.29, 0.717) is 6.04 Å². The summed E-state index contributed by atoms with van der Waals surface area (Å²) in [6, 6.07) is 0.597. The maximum atomic E-state index is 4.38. The van der Waals surface area contributed by atoms with Gasteiger partial charge in [-0.05, 0) is 26.3 Å². The van der Waals surface area contributed by atoms with E-state index in [1.165, 1.54) is 19.3 Å². The molecule has 1 unspecified atom stereocenters. The van der Waals surface area contributed by atoms with Crippen LogP contribution in [-0.2, 0) is 0 Å². The molecular formula is C12H20N4. The van der Waals surface area contributed by atoms with Crippen molar-refractivity contribution >= 4 is 5.82 Å². The Morgan fingerprint density at radius 3 is 2.88 bits per heavy atom. The Morgan fingerprint density at radius 2 is 2.19 bits per heavy atom. The van der Waals surface area contributed by atoms with Crippen LogP contribution in [0.25, 0.3) is 0 Å². The quantitative estimate of drug-likeness (QED) is 0.835. The fourth-order valence-electron chi connectivity index (χ4n) is 2.27. The summed E-state index contributed by atoms with van der Waals surface area (Å²) in [4.78, 5) is 10.8. The molecule has 1 N–H and O–H groups in total. The van der Waals surface area contributed by atoms with Gasteiger partial charge in [0, 0.05) is 32.0 Å². The minimum absolute atomic E-state index is 0.597. The van der Waals surface area contributed by atoms with Crippen LogP contribution in [0.3, 0.4) is 0 Å². The van der Waals surface area contributed by atoms with Crippen LogP contribution < -0.4 is 10.2 Å². The van der Waals surface area contributed by atoms with Gasteiger partial charge in [-0.1, -0.05) is 6.42 Å². The molecule has 88 valence electrons. The van der Waals surface area contributed by atoms with Crippen LogP contribution in [0.1, 0.15) is 25.0 Å². The van der Waals surface area contributed by atoms with Crippen molar-refractivity contribution in [3.63, 3.8) is 0 Å². The molecule has 0 spiro atoms. The highest BCUT2D eigenvalue weighted by Crippen LogP contribution is 2.14. The Labute approximate surface area is 97.1 Å². The number of hydrogen-bond donors (Lipinski definition) is 1. The molecule has 2 rings (SSSR count). The van der Waals surface area contributed by atoms with Gasteiger partial charge in [0.15, 0.2) is 0 Å². The molecule has 4 heteroatoms. The number of likely N-dealkylation sites (N-methyl/N-ethyl adjacent to an activating group) is 1. The molecule has 1 fully saturated rings. The maximum Gasteiger partial charge on any atom is 0.149 e. The van der Waals surface area contributed by atoms with E-state index in [0.717, 1.165) is 24.6 Å². The molecule has 0 radical (unpaired) electrons. The molecule has 1 aromatic rings. The molecule has 4 nitrogen and oxygen atoms in total. The second-order valence-electron chi connectivity index (χ2n) is 4.49. The van der Waals surface area contributed by atoms with E-state index in [1.807, 2.05) is 6.92 Å². The van der Waals surface area contributed by atoms with Gasteiger partial charge in [-0.15, -0.1) is 0 Å². The number of rotatable bonds is 3. The van der Waals surface area contributed by atoms with Crippen molar-refractivity contribution in [2.75, 3.05) is 25.0 Å². The lowest BCUT2D eigenvalue weighted by atomic mass is 10.0. The van der Waals surface area contributed by atoms with Gasteiger partial charge in [0.2, 0.25) is 0 Å². The first kappa shape index (κ1) is 11.3. The van der Waals surface area contributed by atoms with Crippen LogP contribution in [0.2, 0.25) is 0 Å². The molecule has 0 aliphatic carbocycles. The van der Waals surface area contributed by atoms with Crippen molar-refractivity contribution in [2.24, 2.45) is 0 Å². The van der Waals surface area contributed by atoms with Crippen LogP contribution in [0, 0.1) is 6.92 Å². The number of aryl methyl sites for hydroxylation is 1. The normalized spacial score (nSPS) is 20.8. The summed E-state index contributed by atoms with van der Waals surface area (Å²) in [5.74, 6) is 0.995. The van der Waals surface area contributed by atoms with Gasteiger partial charge in [-0.2, -0.15) is 0 Å². The average Bonchev–Trinajstić information content (AvgIpc) is 2.31. The van der Waals surface area contributed by atoms with Crippen LogP contribution in [0.5, 0.6) is 0 Å². The van der Waals surface area contributed by atoms with Crippen LogP contribution >= 0.6 is 0 Å². The Kier molecular flexibility index (Phi) is 3.72. The van der Waals surface area contributed by atoms with Crippen LogP contribution in [-0.4, -0.2) is 36.1 Å². The van der Waals surface area contributed by atoms with Crippen LogP contribution in [0.4, 0.5) is 5.82 Å². The number of hydrogen-bond acceptors (Lipinski definition) is 4. The first-order valence-corrected chi connectivity index (χ1v) is 5.99. The van der Waals surface area contributed by atoms with E-state index in [1.54, 1.807) is 12.4 Å². The zero-order valence-electron chi connectivity index (χ0n) is 10.1. The summed E-state index contributed by atoms with van der Waals surface area (Å²) in [6.45, 7) is 4.17. The number of nitrogens with zero attached hydrogens (tertiary/aromatic N) is 3. The second-order valence-corrected chi connectivity index (χ2v) is 4.49. The Morgan fingerprint density at radius 1 is 1.38 bits per heavy atom. The van der Waals surface area contributed by atoms with Crippen molar-refractivity contribution in [1.82, 2.24) is 15.3 Å². The van der Waals surface area contributed by atoms with Crippen molar-refractivity contribution in [1.29, 1.82) is 0 Å². The van der Waals surface area contributed by atoms with E-state index in [4.69, 9.17) is 0 Å². The minimum atomic E-state index is 0.597. The maximum absolute atomic E-state index is 4.38. The third-order valence-corrected chi connectivity index (χ3v) is 3.12. The van der Waals surface area contributed by atoms with Crippen molar-refractivity contribution in [3.8, 4) is 0 Å². The van der Waals surface area contributed by atoms with E-state index < -0.39 is 0 Å². The van der Waals surface area contributed by atoms with Gasteiger partial charge >= 0.3 is 0 Å². The van der Waals surface area contributed by atoms with Crippen LogP contribution in [0.15, 0.2) is 12.4 Å². The molecule has 0 saturated carbocycles. The zero-order chi connectivity index (χ0) is 11.4. The summed E-state index contributed by atoms with van der Waals surface area (Å²) in [7, 11) is 2.09. The Bertz CT molecular complexity index is 334. The molecule has 0 aromatic carbocycles. The lowest BCUT2D eigenvalue weighted by molar-refractivity contribution is 0.402. The number of aromatic nitrogens is 2. The standard InChI is InChI=1S/C12H20N4/c1-10-12(15-8-7-13-10)16(2)9-11-5-3-4-6-14-11/h7-8,11,14H,3-6,9H2,1-2H3. The molecule has 0 amide bonds. The van der Waals surface area contributed by atoms with Gasteiger partial charge < -0.3 is 10.2 Å². The van der Waals surface area contributed by atoms with E-state index in [2.05, 4.69) is 27.2 Å². The van der Waals surface area contributed by atoms with Crippen molar-refractivity contribution in [2.45, 2.75) is 32.2 Å². The van der Waals surface area contributed by atoms with E-state index >= 15 is 0 Å². The molecule has 2 heterocycles. The summed E-state index contributed by atoms with van der Waals surface area (Å²) in [5, 5.41) is 3.55. The molecule has 16 heavy (non-hydrogen) atoms. The predicted molar refractivity (Wildman–Crippen MR) is 65.7 cm³/mol. The van der Waals surface area contributed by atoms with Crippen molar-refractivity contribution in [3.05, 3.63) is 18.1 Å². The SMILES string of the molecule is Cc1nccnc1N(C)CC1CCCCN1. The first-order valence-electron chi connectivity index (χ1n) is 5.99. The summed E-state index contributed by atoms with van der Waals surface area (Å²) in [6.07, 6.45) is 7.41. The van der Waals surface area contributed by atoms with E-state index in [-0.39, 0.29) is 0 Å². The highest BCUT2D eigenvalue weighted by molar-refractivity contribution is 5.41. The number of nitrogens with one attached hydrogen (secondary N) is 1. The zero-order valence-corrected chi connectivity index (χ0v) is 10.1. The van der Waals surface area contributed by atoms with Gasteiger partial charge in [0.1, 0.15) is 5.82 Å². The summed E-state index contributed by atoms with van der Waals surface area (Å²) in [5.41, 5.74) is 1.00. The fraction of sp³-hybridized carbons (Fsp3) is 0.667. The molecule has 0 bridgehead atoms. The number of piperidine rings is 1. The Hall–Kier alpha value is -1.16. The molecule has 1 aliphatic heterocycles. The lowest BCUT2D eigenvalue weighted by Crippen LogP contribution is -2.42. The van der Waals surface area contributed by atoms with Gasteiger partial charge in [0.05, 0.1) is 5.69 Å². The average molecular weight is 220 g/mol. The summed E-state index contributed by atoms with van der Waals surface area (Å²) >= 11 is 0. The van der Waals surface area contributed by atoms with Crippen molar-refractivity contribution < 1.29 is 0 Å². The molecular weight excluding hydrogens is 200 g/mol. The van der Waals surface area contributed by atoms with E-state index in [9.17, 15) is 0 Å². The fourth-order valence-corrected chi connectivity index (χ4v) is 2.27. The van der Waals surface area contributed by atoms with Gasteiger partial charge in [-0.3, -0.25) is 4.98 Å². The molecule has 1 aliphatic rings.